The van der Waals surface area contributed by atoms with Crippen molar-refractivity contribution in [3.8, 4) is 0 Å². The molecule has 0 bridgehead atoms. The number of hydrogen-bond acceptors (Lipinski definition) is 5. The van der Waals surface area contributed by atoms with Crippen LogP contribution in [-0.2, 0) is 23.8 Å². The van der Waals surface area contributed by atoms with Crippen LogP contribution in [0.2, 0.25) is 0 Å². The van der Waals surface area contributed by atoms with Crippen molar-refractivity contribution in [2.45, 2.75) is 39.4 Å². The highest BCUT2D eigenvalue weighted by Crippen LogP contribution is 2.36. The summed E-state index contributed by atoms with van der Waals surface area (Å²) in [5.74, 6) is -0.996. The van der Waals surface area contributed by atoms with E-state index in [9.17, 15) is 9.59 Å². The monoisotopic (exact) mass is 298 g/mol. The second kappa shape index (κ2) is 8.46. The molecular formula is C15H22O6. The van der Waals surface area contributed by atoms with Crippen molar-refractivity contribution in [1.29, 1.82) is 0 Å². The van der Waals surface area contributed by atoms with Gasteiger partial charge in [-0.05, 0) is 13.3 Å². The van der Waals surface area contributed by atoms with Gasteiger partial charge in [-0.15, -0.1) is 0 Å². The number of hydrogen-bond donors (Lipinski definition) is 1. The van der Waals surface area contributed by atoms with Gasteiger partial charge in [-0.25, -0.2) is 4.79 Å². The molecule has 1 aliphatic rings. The molecule has 1 heterocycles. The van der Waals surface area contributed by atoms with Crippen LogP contribution < -0.4 is 0 Å². The van der Waals surface area contributed by atoms with Gasteiger partial charge in [0.25, 0.3) is 0 Å². The highest BCUT2D eigenvalue weighted by atomic mass is 16.7. The predicted octanol–water partition coefficient (Wildman–Crippen LogP) is 2.25. The lowest BCUT2D eigenvalue weighted by atomic mass is 9.95. The largest absolute Gasteiger partial charge is 0.481 e. The third-order valence-corrected chi connectivity index (χ3v) is 3.16. The molecule has 0 aromatic rings. The molecule has 2 unspecified atom stereocenters. The number of aliphatic carboxylic acids is 1. The maximum absolute atomic E-state index is 12.1. The first-order valence-electron chi connectivity index (χ1n) is 7.01. The molecule has 1 N–H and O–H groups in total. The highest BCUT2D eigenvalue weighted by molar-refractivity contribution is 5.90. The van der Waals surface area contributed by atoms with Crippen LogP contribution in [0.4, 0.5) is 0 Å². The van der Waals surface area contributed by atoms with Crippen LogP contribution in [0.25, 0.3) is 0 Å². The predicted molar refractivity (Wildman–Crippen MR) is 75.3 cm³/mol. The standard InChI is InChI=1S/C15H22O6/c1-4-11-13(14(18)20-5-2)10(15(19-3)21-11)8-6-7-9-12(16)17/h6-7,10,15H,4-5,8-9H2,1-3H3,(H,16,17)/b7-6+. The van der Waals surface area contributed by atoms with Gasteiger partial charge in [-0.2, -0.15) is 0 Å². The van der Waals surface area contributed by atoms with Crippen LogP contribution in [0.5, 0.6) is 0 Å². The van der Waals surface area contributed by atoms with Crippen LogP contribution in [0, 0.1) is 5.92 Å². The van der Waals surface area contributed by atoms with E-state index in [2.05, 4.69) is 0 Å². The molecule has 1 rings (SSSR count). The number of carbonyl (C=O) groups is 2. The molecule has 6 nitrogen and oxygen atoms in total. The summed E-state index contributed by atoms with van der Waals surface area (Å²) >= 11 is 0. The van der Waals surface area contributed by atoms with Gasteiger partial charge in [0.1, 0.15) is 5.76 Å². The fourth-order valence-electron chi connectivity index (χ4n) is 2.24. The Labute approximate surface area is 124 Å². The quantitative estimate of drug-likeness (QED) is 0.546. The summed E-state index contributed by atoms with van der Waals surface area (Å²) < 4.78 is 16.0. The maximum atomic E-state index is 12.1. The van der Waals surface area contributed by atoms with Crippen molar-refractivity contribution < 1.29 is 28.9 Å². The number of carboxylic acids is 1. The number of allylic oxidation sites excluding steroid dienone is 2. The van der Waals surface area contributed by atoms with E-state index >= 15 is 0 Å². The van der Waals surface area contributed by atoms with E-state index in [0.717, 1.165) is 0 Å². The van der Waals surface area contributed by atoms with Gasteiger partial charge in [0.05, 0.1) is 24.5 Å². The van der Waals surface area contributed by atoms with Crippen molar-refractivity contribution in [2.24, 2.45) is 5.92 Å². The van der Waals surface area contributed by atoms with Crippen molar-refractivity contribution in [2.75, 3.05) is 13.7 Å². The average Bonchev–Trinajstić information content (AvgIpc) is 2.81. The summed E-state index contributed by atoms with van der Waals surface area (Å²) in [5, 5.41) is 8.61. The Kier molecular flexibility index (Phi) is 6.94. The minimum absolute atomic E-state index is 0.0513. The molecule has 0 radical (unpaired) electrons. The molecule has 6 heteroatoms. The first-order valence-corrected chi connectivity index (χ1v) is 7.01. The van der Waals surface area contributed by atoms with Crippen molar-refractivity contribution in [3.63, 3.8) is 0 Å². The number of carboxylic acid groups (broad SMARTS) is 1. The zero-order chi connectivity index (χ0) is 15.8. The second-order valence-electron chi connectivity index (χ2n) is 4.54. The zero-order valence-electron chi connectivity index (χ0n) is 12.6. The molecule has 0 aliphatic carbocycles. The fraction of sp³-hybridized carbons (Fsp3) is 0.600. The molecule has 0 aromatic heterocycles. The molecule has 0 aromatic carbocycles. The second-order valence-corrected chi connectivity index (χ2v) is 4.54. The van der Waals surface area contributed by atoms with Gasteiger partial charge in [-0.3, -0.25) is 4.79 Å². The molecule has 2 atom stereocenters. The van der Waals surface area contributed by atoms with Crippen LogP contribution in [0.15, 0.2) is 23.5 Å². The zero-order valence-corrected chi connectivity index (χ0v) is 12.6. The highest BCUT2D eigenvalue weighted by Gasteiger charge is 2.39. The van der Waals surface area contributed by atoms with Gasteiger partial charge in [-0.1, -0.05) is 19.1 Å². The smallest absolute Gasteiger partial charge is 0.337 e. The molecule has 0 saturated carbocycles. The summed E-state index contributed by atoms with van der Waals surface area (Å²) in [5.41, 5.74) is 0.492. The molecule has 0 fully saturated rings. The van der Waals surface area contributed by atoms with E-state index in [4.69, 9.17) is 19.3 Å². The Morgan fingerprint density at radius 3 is 2.57 bits per heavy atom. The summed E-state index contributed by atoms with van der Waals surface area (Å²) in [6.45, 7) is 3.93. The summed E-state index contributed by atoms with van der Waals surface area (Å²) in [6, 6.07) is 0. The van der Waals surface area contributed by atoms with Crippen LogP contribution in [0.3, 0.4) is 0 Å². The lowest BCUT2D eigenvalue weighted by Gasteiger charge is -2.17. The minimum atomic E-state index is -0.896. The Hall–Kier alpha value is -1.82. The molecule has 118 valence electrons. The lowest BCUT2D eigenvalue weighted by molar-refractivity contribution is -0.140. The van der Waals surface area contributed by atoms with Crippen molar-refractivity contribution in [3.05, 3.63) is 23.5 Å². The van der Waals surface area contributed by atoms with Gasteiger partial charge < -0.3 is 19.3 Å². The third-order valence-electron chi connectivity index (χ3n) is 3.16. The fourth-order valence-corrected chi connectivity index (χ4v) is 2.24. The number of rotatable bonds is 8. The first kappa shape index (κ1) is 17.2. The Morgan fingerprint density at radius 1 is 1.33 bits per heavy atom. The normalized spacial score (nSPS) is 21.7. The van der Waals surface area contributed by atoms with Gasteiger partial charge >= 0.3 is 11.9 Å². The van der Waals surface area contributed by atoms with Crippen molar-refractivity contribution >= 4 is 11.9 Å². The maximum Gasteiger partial charge on any atom is 0.337 e. The van der Waals surface area contributed by atoms with Crippen LogP contribution in [-0.4, -0.2) is 37.1 Å². The van der Waals surface area contributed by atoms with Crippen LogP contribution in [0.1, 0.15) is 33.1 Å². The van der Waals surface area contributed by atoms with Gasteiger partial charge in [0.2, 0.25) is 6.29 Å². The minimum Gasteiger partial charge on any atom is -0.481 e. The SMILES string of the molecule is CCOC(=O)C1=C(CC)OC(OC)C1C/C=C/CC(=O)O. The topological polar surface area (TPSA) is 82.1 Å². The Morgan fingerprint density at radius 2 is 2.05 bits per heavy atom. The summed E-state index contributed by atoms with van der Waals surface area (Å²) in [4.78, 5) is 22.6. The van der Waals surface area contributed by atoms with E-state index in [1.807, 2.05) is 6.92 Å². The average molecular weight is 298 g/mol. The lowest BCUT2D eigenvalue weighted by Crippen LogP contribution is -2.24. The third kappa shape index (κ3) is 4.60. The van der Waals surface area contributed by atoms with E-state index in [1.165, 1.54) is 7.11 Å². The van der Waals surface area contributed by atoms with Gasteiger partial charge in [0, 0.05) is 13.5 Å². The van der Waals surface area contributed by atoms with E-state index in [-0.39, 0.29) is 12.3 Å². The molecule has 0 saturated heterocycles. The molecule has 1 aliphatic heterocycles. The number of ether oxygens (including phenoxy) is 3. The van der Waals surface area contributed by atoms with E-state index < -0.39 is 18.2 Å². The Bertz CT molecular complexity index is 437. The van der Waals surface area contributed by atoms with E-state index in [0.29, 0.717) is 30.8 Å². The number of methoxy groups -OCH3 is 1. The van der Waals surface area contributed by atoms with Crippen molar-refractivity contribution in [1.82, 2.24) is 0 Å². The first-order chi connectivity index (χ1) is 10.0. The Balaban J connectivity index is 2.87. The number of carbonyl (C=O) groups excluding carboxylic acids is 1. The number of esters is 1. The molecular weight excluding hydrogens is 276 g/mol. The summed E-state index contributed by atoms with van der Waals surface area (Å²) in [6.07, 6.45) is 3.72. The molecule has 0 amide bonds. The summed E-state index contributed by atoms with van der Waals surface area (Å²) in [7, 11) is 1.51. The molecule has 21 heavy (non-hydrogen) atoms. The van der Waals surface area contributed by atoms with Crippen LogP contribution >= 0.6 is 0 Å². The van der Waals surface area contributed by atoms with Gasteiger partial charge in [0.15, 0.2) is 0 Å². The molecule has 0 spiro atoms. The van der Waals surface area contributed by atoms with E-state index in [1.54, 1.807) is 19.1 Å².